The maximum absolute atomic E-state index is 12.2. The molecule has 7 nitrogen and oxygen atoms in total. The molecule has 0 unspecified atom stereocenters. The van der Waals surface area contributed by atoms with Gasteiger partial charge >= 0.3 is 5.97 Å². The first-order valence-electron chi connectivity index (χ1n) is 8.70. The summed E-state index contributed by atoms with van der Waals surface area (Å²) in [6.45, 7) is 0.371. The van der Waals surface area contributed by atoms with E-state index in [0.717, 1.165) is 11.1 Å². The number of nitrogens with zero attached hydrogens (tertiary/aromatic N) is 3. The van der Waals surface area contributed by atoms with Crippen LogP contribution in [-0.2, 0) is 23.1 Å². The van der Waals surface area contributed by atoms with Crippen LogP contribution in [0, 0.1) is 0 Å². The number of halogens is 1. The molecule has 0 fully saturated rings. The van der Waals surface area contributed by atoms with Crippen LogP contribution in [0.3, 0.4) is 0 Å². The summed E-state index contributed by atoms with van der Waals surface area (Å²) in [6, 6.07) is 14.2. The molecule has 9 heteroatoms. The Morgan fingerprint density at radius 2 is 1.79 bits per heavy atom. The lowest BCUT2D eigenvalue weighted by molar-refractivity contribution is -0.118. The lowest BCUT2D eigenvalue weighted by Crippen LogP contribution is -2.24. The van der Waals surface area contributed by atoms with Crippen LogP contribution in [0.1, 0.15) is 15.9 Å². The summed E-state index contributed by atoms with van der Waals surface area (Å²) >= 11 is 7.23. The van der Waals surface area contributed by atoms with E-state index in [4.69, 9.17) is 11.6 Å². The summed E-state index contributed by atoms with van der Waals surface area (Å²) in [5, 5.41) is 12.5. The molecule has 2 aromatic carbocycles. The number of hydrogen-bond acceptors (Lipinski definition) is 6. The number of hydrogen-bond donors (Lipinski definition) is 1. The number of ether oxygens (including phenoxy) is 1. The van der Waals surface area contributed by atoms with Crippen molar-refractivity contribution >= 4 is 35.2 Å². The van der Waals surface area contributed by atoms with E-state index in [1.165, 1.54) is 18.9 Å². The van der Waals surface area contributed by atoms with Crippen molar-refractivity contribution in [2.24, 2.45) is 7.05 Å². The minimum atomic E-state index is -0.390. The summed E-state index contributed by atoms with van der Waals surface area (Å²) in [4.78, 5) is 23.6. The fraction of sp³-hybridized carbons (Fsp3) is 0.200. The topological polar surface area (TPSA) is 86.1 Å². The maximum Gasteiger partial charge on any atom is 0.337 e. The fourth-order valence-corrected chi connectivity index (χ4v) is 3.42. The van der Waals surface area contributed by atoms with Gasteiger partial charge in [0.15, 0.2) is 11.0 Å². The number of nitrogens with one attached hydrogen (secondary N) is 1. The van der Waals surface area contributed by atoms with Gasteiger partial charge in [0.1, 0.15) is 0 Å². The molecule has 0 aliphatic heterocycles. The van der Waals surface area contributed by atoms with Crippen LogP contribution >= 0.6 is 23.4 Å². The minimum Gasteiger partial charge on any atom is -0.465 e. The van der Waals surface area contributed by atoms with Gasteiger partial charge in [-0.25, -0.2) is 4.79 Å². The molecule has 1 amide bonds. The highest BCUT2D eigenvalue weighted by atomic mass is 35.5. The smallest absolute Gasteiger partial charge is 0.337 e. The average molecular weight is 431 g/mol. The Kier molecular flexibility index (Phi) is 6.90. The molecule has 3 rings (SSSR count). The number of methoxy groups -OCH3 is 1. The van der Waals surface area contributed by atoms with E-state index in [0.29, 0.717) is 28.1 Å². The van der Waals surface area contributed by atoms with E-state index in [-0.39, 0.29) is 11.7 Å². The lowest BCUT2D eigenvalue weighted by atomic mass is 10.1. The molecule has 0 saturated carbocycles. The van der Waals surface area contributed by atoms with E-state index in [2.05, 4.69) is 20.3 Å². The number of aromatic nitrogens is 3. The molecule has 0 radical (unpaired) electrons. The van der Waals surface area contributed by atoms with E-state index in [1.807, 2.05) is 23.7 Å². The van der Waals surface area contributed by atoms with E-state index >= 15 is 0 Å². The molecule has 0 spiro atoms. The maximum atomic E-state index is 12.2. The van der Waals surface area contributed by atoms with Crippen LogP contribution in [0.4, 0.5) is 0 Å². The highest BCUT2D eigenvalue weighted by Gasteiger charge is 2.13. The van der Waals surface area contributed by atoms with Crippen molar-refractivity contribution in [2.45, 2.75) is 11.7 Å². The van der Waals surface area contributed by atoms with Gasteiger partial charge in [0.25, 0.3) is 0 Å². The first-order chi connectivity index (χ1) is 14.0. The average Bonchev–Trinajstić information content (AvgIpc) is 3.11. The Balaban J connectivity index is 1.52. The van der Waals surface area contributed by atoms with Crippen LogP contribution in [0.2, 0.25) is 5.02 Å². The third-order valence-electron chi connectivity index (χ3n) is 4.13. The monoisotopic (exact) mass is 430 g/mol. The Labute approximate surface area is 177 Å². The highest BCUT2D eigenvalue weighted by Crippen LogP contribution is 2.23. The van der Waals surface area contributed by atoms with Crippen molar-refractivity contribution in [1.82, 2.24) is 20.1 Å². The molecule has 1 N–H and O–H groups in total. The molecule has 0 aliphatic rings. The second kappa shape index (κ2) is 9.58. The Morgan fingerprint density at radius 1 is 1.10 bits per heavy atom. The number of benzene rings is 2. The van der Waals surface area contributed by atoms with Crippen LogP contribution in [0.15, 0.2) is 53.7 Å². The molecule has 0 bridgehead atoms. The van der Waals surface area contributed by atoms with Crippen LogP contribution in [-0.4, -0.2) is 39.5 Å². The van der Waals surface area contributed by atoms with Crippen molar-refractivity contribution in [1.29, 1.82) is 0 Å². The highest BCUT2D eigenvalue weighted by molar-refractivity contribution is 7.99. The van der Waals surface area contributed by atoms with Gasteiger partial charge in [-0.05, 0) is 42.0 Å². The van der Waals surface area contributed by atoms with E-state index in [1.54, 1.807) is 36.4 Å². The van der Waals surface area contributed by atoms with Gasteiger partial charge in [-0.15, -0.1) is 10.2 Å². The lowest BCUT2D eigenvalue weighted by Gasteiger charge is -2.07. The van der Waals surface area contributed by atoms with Gasteiger partial charge in [-0.2, -0.15) is 0 Å². The Bertz CT molecular complexity index is 1000. The third kappa shape index (κ3) is 5.36. The Morgan fingerprint density at radius 3 is 2.45 bits per heavy atom. The number of esters is 1. The van der Waals surface area contributed by atoms with Crippen LogP contribution < -0.4 is 5.32 Å². The van der Waals surface area contributed by atoms with Crippen LogP contribution in [0.5, 0.6) is 0 Å². The summed E-state index contributed by atoms with van der Waals surface area (Å²) < 4.78 is 6.50. The molecule has 1 aromatic heterocycles. The molecule has 29 heavy (non-hydrogen) atoms. The van der Waals surface area contributed by atoms with Gasteiger partial charge in [-0.3, -0.25) is 4.79 Å². The zero-order valence-electron chi connectivity index (χ0n) is 15.9. The van der Waals surface area contributed by atoms with E-state index < -0.39 is 5.97 Å². The number of rotatable bonds is 7. The number of carbonyl (C=O) groups is 2. The molecule has 3 aromatic rings. The van der Waals surface area contributed by atoms with Gasteiger partial charge < -0.3 is 14.6 Å². The summed E-state index contributed by atoms with van der Waals surface area (Å²) in [5.41, 5.74) is 2.26. The largest absolute Gasteiger partial charge is 0.465 e. The molecule has 0 atom stereocenters. The first kappa shape index (κ1) is 20.9. The van der Waals surface area contributed by atoms with Crippen molar-refractivity contribution in [2.75, 3.05) is 12.9 Å². The third-order valence-corrected chi connectivity index (χ3v) is 5.41. The van der Waals surface area contributed by atoms with Crippen LogP contribution in [0.25, 0.3) is 11.4 Å². The van der Waals surface area contributed by atoms with Gasteiger partial charge in [0, 0.05) is 24.2 Å². The fourth-order valence-electron chi connectivity index (χ4n) is 2.55. The Hall–Kier alpha value is -2.84. The number of carbonyl (C=O) groups excluding carboxylic acids is 2. The molecular formula is C20H19ClN4O3S. The first-order valence-corrected chi connectivity index (χ1v) is 10.1. The summed E-state index contributed by atoms with van der Waals surface area (Å²) in [7, 11) is 3.19. The number of thioether (sulfide) groups is 1. The number of amides is 1. The minimum absolute atomic E-state index is 0.122. The van der Waals surface area contributed by atoms with Gasteiger partial charge in [0.05, 0.1) is 18.4 Å². The molecule has 1 heterocycles. The zero-order valence-corrected chi connectivity index (χ0v) is 17.5. The van der Waals surface area contributed by atoms with Crippen molar-refractivity contribution < 1.29 is 14.3 Å². The quantitative estimate of drug-likeness (QED) is 0.457. The normalized spacial score (nSPS) is 10.6. The van der Waals surface area contributed by atoms with E-state index in [9.17, 15) is 9.59 Å². The summed E-state index contributed by atoms with van der Waals surface area (Å²) in [6.07, 6.45) is 0. The molecule has 0 saturated heterocycles. The summed E-state index contributed by atoms with van der Waals surface area (Å²) in [5.74, 6) is 0.407. The van der Waals surface area contributed by atoms with Crippen molar-refractivity contribution in [3.63, 3.8) is 0 Å². The van der Waals surface area contributed by atoms with Crippen molar-refractivity contribution in [3.05, 3.63) is 64.7 Å². The second-order valence-electron chi connectivity index (χ2n) is 6.13. The van der Waals surface area contributed by atoms with Gasteiger partial charge in [0.2, 0.25) is 5.91 Å². The zero-order chi connectivity index (χ0) is 20.8. The predicted octanol–water partition coefficient (Wildman–Crippen LogP) is 3.33. The molecule has 150 valence electrons. The van der Waals surface area contributed by atoms with Crippen molar-refractivity contribution in [3.8, 4) is 11.4 Å². The molecular weight excluding hydrogens is 412 g/mol. The van der Waals surface area contributed by atoms with Gasteiger partial charge in [-0.1, -0.05) is 35.5 Å². The SMILES string of the molecule is COC(=O)c1ccc(CNC(=O)CSc2nnc(-c3ccc(Cl)cc3)n2C)cc1. The second-order valence-corrected chi connectivity index (χ2v) is 7.50. The standard InChI is InChI=1S/C20H19ClN4O3S/c1-25-18(14-7-9-16(21)10-8-14)23-24-20(25)29-12-17(26)22-11-13-3-5-15(6-4-13)19(27)28-2/h3-10H,11-12H2,1-2H3,(H,22,26). The predicted molar refractivity (Wildman–Crippen MR) is 112 cm³/mol. The molecule has 0 aliphatic carbocycles.